The minimum Gasteiger partial charge on any atom is -0.293 e. The second-order valence-corrected chi connectivity index (χ2v) is 8.64. The Labute approximate surface area is 170 Å². The smallest absolute Gasteiger partial charge is 0.246 e. The number of nitrogens with zero attached hydrogens (tertiary/aromatic N) is 6. The van der Waals surface area contributed by atoms with E-state index in [9.17, 15) is 21.6 Å². The van der Waals surface area contributed by atoms with E-state index in [1.165, 1.54) is 21.1 Å². The first kappa shape index (κ1) is 20.4. The van der Waals surface area contributed by atoms with Crippen LogP contribution in [0.15, 0.2) is 47.4 Å². The average Bonchev–Trinajstić information content (AvgIpc) is 3.17. The van der Waals surface area contributed by atoms with Crippen molar-refractivity contribution in [2.75, 3.05) is 26.2 Å². The molecule has 0 radical (unpaired) electrons. The molecule has 0 unspecified atom stereocenters. The molecule has 1 aliphatic rings. The molecule has 0 saturated carbocycles. The van der Waals surface area contributed by atoms with Gasteiger partial charge in [-0.25, -0.2) is 21.6 Å². The molecule has 0 N–H and O–H groups in total. The number of aromatic nitrogens is 4. The Morgan fingerprint density at radius 3 is 2.23 bits per heavy atom. The van der Waals surface area contributed by atoms with Crippen LogP contribution in [0.3, 0.4) is 0 Å². The minimum absolute atomic E-state index is 0.136. The quantitative estimate of drug-likeness (QED) is 0.602. The van der Waals surface area contributed by atoms with Crippen molar-refractivity contribution < 1.29 is 21.6 Å². The third-order valence-corrected chi connectivity index (χ3v) is 6.75. The zero-order valence-corrected chi connectivity index (χ0v) is 16.4. The van der Waals surface area contributed by atoms with E-state index < -0.39 is 26.6 Å². The average molecular weight is 438 g/mol. The highest BCUT2D eigenvalue weighted by atomic mass is 32.2. The predicted molar refractivity (Wildman–Crippen MR) is 99.5 cm³/mol. The number of hydrogen-bond acceptors (Lipinski definition) is 6. The van der Waals surface area contributed by atoms with Crippen molar-refractivity contribution in [3.05, 3.63) is 65.7 Å². The van der Waals surface area contributed by atoms with E-state index in [2.05, 4.69) is 15.5 Å². The maximum Gasteiger partial charge on any atom is 0.246 e. The molecule has 3 aromatic rings. The highest BCUT2D eigenvalue weighted by Gasteiger charge is 2.31. The minimum atomic E-state index is -4.07. The van der Waals surface area contributed by atoms with E-state index in [-0.39, 0.29) is 18.9 Å². The van der Waals surface area contributed by atoms with Gasteiger partial charge in [0.15, 0.2) is 5.82 Å². The van der Waals surface area contributed by atoms with Crippen LogP contribution in [-0.2, 0) is 16.6 Å². The van der Waals surface area contributed by atoms with Crippen molar-refractivity contribution in [1.82, 2.24) is 29.4 Å². The Morgan fingerprint density at radius 2 is 1.57 bits per heavy atom. The Balaban J connectivity index is 1.43. The second-order valence-electron chi connectivity index (χ2n) is 6.74. The Hall–Kier alpha value is -2.83. The maximum atomic E-state index is 14.0. The van der Waals surface area contributed by atoms with Crippen molar-refractivity contribution in [3.8, 4) is 5.69 Å². The van der Waals surface area contributed by atoms with Crippen molar-refractivity contribution in [2.24, 2.45) is 0 Å². The van der Waals surface area contributed by atoms with Crippen LogP contribution in [0.4, 0.5) is 13.2 Å². The van der Waals surface area contributed by atoms with Crippen LogP contribution in [0.25, 0.3) is 5.69 Å². The number of benzene rings is 2. The molecule has 0 bridgehead atoms. The number of halogens is 3. The molecule has 0 amide bonds. The van der Waals surface area contributed by atoms with Crippen molar-refractivity contribution in [2.45, 2.75) is 11.4 Å². The lowest BCUT2D eigenvalue weighted by Crippen LogP contribution is -2.48. The second kappa shape index (κ2) is 8.13. The van der Waals surface area contributed by atoms with Crippen LogP contribution >= 0.6 is 0 Å². The molecule has 30 heavy (non-hydrogen) atoms. The van der Waals surface area contributed by atoms with Gasteiger partial charge in [0.05, 0.1) is 12.2 Å². The van der Waals surface area contributed by atoms with Gasteiger partial charge in [-0.1, -0.05) is 0 Å². The lowest BCUT2D eigenvalue weighted by atomic mass is 10.3. The third-order valence-electron chi connectivity index (χ3n) is 4.81. The molecule has 1 fully saturated rings. The summed E-state index contributed by atoms with van der Waals surface area (Å²) in [5.74, 6) is -1.81. The first-order valence-corrected chi connectivity index (χ1v) is 10.5. The molecule has 8 nitrogen and oxygen atoms in total. The summed E-state index contributed by atoms with van der Waals surface area (Å²) < 4.78 is 68.2. The normalized spacial score (nSPS) is 16.1. The SMILES string of the molecule is O=S(=O)(c1ccc(F)cc1F)N1CCN(Cc2nnnn2-c2ccc(F)cc2)CC1. The standard InChI is InChI=1S/C18H17F3N6O2S/c19-13-1-4-15(5-2-13)27-18(22-23-24-27)12-25-7-9-26(10-8-25)30(28,29)17-6-3-14(20)11-16(17)21/h1-6,11H,7-10,12H2. The van der Waals surface area contributed by atoms with Gasteiger partial charge in [-0.3, -0.25) is 4.90 Å². The first-order chi connectivity index (χ1) is 14.3. The van der Waals surface area contributed by atoms with Gasteiger partial charge < -0.3 is 0 Å². The number of rotatable bonds is 5. The van der Waals surface area contributed by atoms with E-state index in [1.54, 1.807) is 12.1 Å². The summed E-state index contributed by atoms with van der Waals surface area (Å²) in [6.07, 6.45) is 0. The highest BCUT2D eigenvalue weighted by molar-refractivity contribution is 7.89. The van der Waals surface area contributed by atoms with Crippen LogP contribution in [-0.4, -0.2) is 64.0 Å². The van der Waals surface area contributed by atoms with Crippen LogP contribution < -0.4 is 0 Å². The number of tetrazole rings is 1. The topological polar surface area (TPSA) is 84.2 Å². The molecule has 1 saturated heterocycles. The van der Waals surface area contributed by atoms with Crippen LogP contribution in [0.1, 0.15) is 5.82 Å². The predicted octanol–water partition coefficient (Wildman–Crippen LogP) is 1.59. The van der Waals surface area contributed by atoms with Gasteiger partial charge in [0.1, 0.15) is 22.3 Å². The summed E-state index contributed by atoms with van der Waals surface area (Å²) in [4.78, 5) is 1.41. The summed E-state index contributed by atoms with van der Waals surface area (Å²) in [6, 6.07) is 8.12. The molecule has 12 heteroatoms. The molecule has 158 valence electrons. The van der Waals surface area contributed by atoms with Gasteiger partial charge in [0, 0.05) is 32.2 Å². The van der Waals surface area contributed by atoms with Gasteiger partial charge in [0.25, 0.3) is 0 Å². The van der Waals surface area contributed by atoms with Gasteiger partial charge >= 0.3 is 0 Å². The molecule has 0 aliphatic carbocycles. The number of piperazine rings is 1. The zero-order chi connectivity index (χ0) is 21.3. The maximum absolute atomic E-state index is 14.0. The summed E-state index contributed by atoms with van der Waals surface area (Å²) in [6.45, 7) is 1.37. The lowest BCUT2D eigenvalue weighted by Gasteiger charge is -2.33. The first-order valence-electron chi connectivity index (χ1n) is 9.05. The molecule has 2 heterocycles. The Kier molecular flexibility index (Phi) is 5.54. The van der Waals surface area contributed by atoms with Crippen molar-refractivity contribution >= 4 is 10.0 Å². The van der Waals surface area contributed by atoms with Gasteiger partial charge in [-0.15, -0.1) is 5.10 Å². The molecule has 0 spiro atoms. The van der Waals surface area contributed by atoms with Crippen molar-refractivity contribution in [3.63, 3.8) is 0 Å². The number of hydrogen-bond donors (Lipinski definition) is 0. The van der Waals surface area contributed by atoms with Crippen molar-refractivity contribution in [1.29, 1.82) is 0 Å². The van der Waals surface area contributed by atoms with Crippen LogP contribution in [0, 0.1) is 17.5 Å². The van der Waals surface area contributed by atoms with Gasteiger partial charge in [-0.2, -0.15) is 8.99 Å². The fraction of sp³-hybridized carbons (Fsp3) is 0.278. The summed E-state index contributed by atoms with van der Waals surface area (Å²) in [5, 5.41) is 11.6. The van der Waals surface area contributed by atoms with E-state index in [1.807, 2.05) is 4.90 Å². The third kappa shape index (κ3) is 4.06. The molecule has 4 rings (SSSR count). The molecule has 1 aromatic heterocycles. The monoisotopic (exact) mass is 438 g/mol. The van der Waals surface area contributed by atoms with Gasteiger partial charge in [-0.05, 0) is 46.8 Å². The van der Waals surface area contributed by atoms with Crippen LogP contribution in [0.5, 0.6) is 0 Å². The fourth-order valence-electron chi connectivity index (χ4n) is 3.24. The summed E-state index contributed by atoms with van der Waals surface area (Å²) >= 11 is 0. The Morgan fingerprint density at radius 1 is 0.900 bits per heavy atom. The fourth-order valence-corrected chi connectivity index (χ4v) is 4.71. The zero-order valence-electron chi connectivity index (χ0n) is 15.6. The van der Waals surface area contributed by atoms with Gasteiger partial charge in [0.2, 0.25) is 10.0 Å². The van der Waals surface area contributed by atoms with E-state index in [0.717, 1.165) is 12.1 Å². The Bertz CT molecular complexity index is 1140. The molecular weight excluding hydrogens is 421 g/mol. The molecular formula is C18H17F3N6O2S. The molecule has 0 atom stereocenters. The molecule has 1 aliphatic heterocycles. The van der Waals surface area contributed by atoms with E-state index in [4.69, 9.17) is 0 Å². The molecule has 2 aromatic carbocycles. The number of sulfonamides is 1. The van der Waals surface area contributed by atoms with Crippen LogP contribution in [0.2, 0.25) is 0 Å². The largest absolute Gasteiger partial charge is 0.293 e. The summed E-state index contributed by atoms with van der Waals surface area (Å²) in [7, 11) is -4.07. The highest BCUT2D eigenvalue weighted by Crippen LogP contribution is 2.22. The lowest BCUT2D eigenvalue weighted by molar-refractivity contribution is 0.176. The van der Waals surface area contributed by atoms with E-state index in [0.29, 0.717) is 37.2 Å². The van der Waals surface area contributed by atoms with E-state index >= 15 is 0 Å². The summed E-state index contributed by atoms with van der Waals surface area (Å²) in [5.41, 5.74) is 0.601.